The summed E-state index contributed by atoms with van der Waals surface area (Å²) in [6.45, 7) is 10.1. The number of H-pyrrole nitrogens is 1. The minimum atomic E-state index is -2.02. The Balaban J connectivity index is 1.30. The lowest BCUT2D eigenvalue weighted by atomic mass is 9.81. The Labute approximate surface area is 296 Å². The van der Waals surface area contributed by atoms with Crippen LogP contribution in [-0.4, -0.2) is 152 Å². The van der Waals surface area contributed by atoms with Gasteiger partial charge in [0.15, 0.2) is 5.60 Å². The smallest absolute Gasteiger partial charge is 0.410 e. The Morgan fingerprint density at radius 1 is 1.18 bits per heavy atom. The van der Waals surface area contributed by atoms with Crippen LogP contribution in [0.25, 0.3) is 10.9 Å². The molecule has 4 heterocycles. The number of nitrogens with one attached hydrogen (secondary N) is 3. The molecule has 2 aromatic rings. The van der Waals surface area contributed by atoms with Gasteiger partial charge in [-0.1, -0.05) is 0 Å². The third-order valence-corrected chi connectivity index (χ3v) is 10.1. The summed E-state index contributed by atoms with van der Waals surface area (Å²) in [5, 5.41) is 50.2. The molecule has 51 heavy (non-hydrogen) atoms. The SMILES string of the molecule is CC(=O)N[C@H]1[C@H]([C@H](O)[C@H](O)CNC(=O)c2ccc3[nH]cc(C)c3c2)O[C@@](CCN2CCOC[C@@]23CCN(C(=O)OC(C)(C)C)C3)(C(=O)O)C[C@@H]1O. The van der Waals surface area contributed by atoms with Crippen molar-refractivity contribution in [1.82, 2.24) is 25.4 Å². The summed E-state index contributed by atoms with van der Waals surface area (Å²) in [4.78, 5) is 57.7. The highest BCUT2D eigenvalue weighted by Crippen LogP contribution is 2.38. The molecule has 1 aromatic carbocycles. The van der Waals surface area contributed by atoms with Crippen LogP contribution in [0.1, 0.15) is 62.9 Å². The standard InChI is InChI=1S/C35H51N5O11/c1-20-16-36-24-7-6-22(14-23(20)24)30(45)37-17-26(43)28(44)29-27(38-21(2)41)25(42)15-35(50-29,31(46)47)9-11-40-12-13-49-19-34(40)8-10-39(18-34)32(48)51-33(3,4)5/h6-7,14,16,25-29,36,42-44H,8-13,15,17-19H2,1-5H3,(H,37,45)(H,38,41)(H,46,47)/t25-,26+,27+,28+,29+,34-,35+/m0/s1. The van der Waals surface area contributed by atoms with E-state index in [9.17, 15) is 39.6 Å². The Morgan fingerprint density at radius 3 is 2.61 bits per heavy atom. The van der Waals surface area contributed by atoms with E-state index in [4.69, 9.17) is 14.2 Å². The largest absolute Gasteiger partial charge is 0.479 e. The average Bonchev–Trinajstić information content (AvgIpc) is 3.66. The number of aromatic amines is 1. The van der Waals surface area contributed by atoms with E-state index >= 15 is 0 Å². The lowest BCUT2D eigenvalue weighted by Gasteiger charge is -2.49. The molecular formula is C35H51N5O11. The van der Waals surface area contributed by atoms with Crippen molar-refractivity contribution in [3.8, 4) is 0 Å². The lowest BCUT2D eigenvalue weighted by Crippen LogP contribution is -2.68. The molecule has 0 aliphatic carbocycles. The summed E-state index contributed by atoms with van der Waals surface area (Å²) in [7, 11) is 0. The fourth-order valence-electron chi connectivity index (χ4n) is 7.35. The van der Waals surface area contributed by atoms with Gasteiger partial charge in [-0.15, -0.1) is 0 Å². The van der Waals surface area contributed by atoms with Gasteiger partial charge in [-0.05, 0) is 57.9 Å². The molecule has 0 bridgehead atoms. The van der Waals surface area contributed by atoms with Crippen LogP contribution in [0.5, 0.6) is 0 Å². The molecular weight excluding hydrogens is 666 g/mol. The number of nitrogens with zero attached hydrogens (tertiary/aromatic N) is 2. The lowest BCUT2D eigenvalue weighted by molar-refractivity contribution is -0.231. The number of carbonyl (C=O) groups is 4. The fourth-order valence-corrected chi connectivity index (χ4v) is 7.35. The number of carboxylic acids is 1. The first-order valence-electron chi connectivity index (χ1n) is 17.3. The number of aryl methyl sites for hydroxylation is 1. The van der Waals surface area contributed by atoms with Gasteiger partial charge in [0.25, 0.3) is 5.91 Å². The molecule has 3 saturated heterocycles. The Bertz CT molecular complexity index is 1610. The van der Waals surface area contributed by atoms with Crippen molar-refractivity contribution in [2.75, 3.05) is 45.9 Å². The maximum atomic E-state index is 13.0. The number of likely N-dealkylation sites (tertiary alicyclic amines) is 1. The average molecular weight is 718 g/mol. The molecule has 282 valence electrons. The number of ether oxygens (including phenoxy) is 3. The van der Waals surface area contributed by atoms with E-state index in [1.807, 2.05) is 13.1 Å². The van der Waals surface area contributed by atoms with E-state index in [0.29, 0.717) is 44.8 Å². The normalized spacial score (nSPS) is 28.4. The van der Waals surface area contributed by atoms with Gasteiger partial charge in [-0.25, -0.2) is 9.59 Å². The highest BCUT2D eigenvalue weighted by Gasteiger charge is 2.55. The van der Waals surface area contributed by atoms with Gasteiger partial charge in [0.1, 0.15) is 17.8 Å². The van der Waals surface area contributed by atoms with Gasteiger partial charge in [-0.2, -0.15) is 0 Å². The van der Waals surface area contributed by atoms with Gasteiger partial charge < -0.3 is 55.2 Å². The van der Waals surface area contributed by atoms with E-state index in [0.717, 1.165) is 16.5 Å². The predicted octanol–water partition coefficient (Wildman–Crippen LogP) is 0.508. The second kappa shape index (κ2) is 15.0. The Hall–Kier alpha value is -3.80. The number of hydrogen-bond acceptors (Lipinski definition) is 11. The summed E-state index contributed by atoms with van der Waals surface area (Å²) in [6.07, 6.45) is -5.11. The maximum absolute atomic E-state index is 13.0. The van der Waals surface area contributed by atoms with Crippen LogP contribution in [0, 0.1) is 6.92 Å². The minimum absolute atomic E-state index is 0.128. The molecule has 3 amide bonds. The summed E-state index contributed by atoms with van der Waals surface area (Å²) < 4.78 is 17.6. The van der Waals surface area contributed by atoms with Crippen molar-refractivity contribution in [3.05, 3.63) is 35.5 Å². The van der Waals surface area contributed by atoms with Gasteiger partial charge >= 0.3 is 12.1 Å². The number of hydrogen-bond donors (Lipinski definition) is 7. The van der Waals surface area contributed by atoms with E-state index in [1.165, 1.54) is 6.92 Å². The van der Waals surface area contributed by atoms with Crippen molar-refractivity contribution in [2.24, 2.45) is 0 Å². The number of aliphatic hydroxyl groups excluding tert-OH is 3. The molecule has 5 rings (SSSR count). The first kappa shape index (κ1) is 38.4. The van der Waals surface area contributed by atoms with Crippen LogP contribution in [0.2, 0.25) is 0 Å². The number of rotatable bonds is 10. The van der Waals surface area contributed by atoms with Crippen molar-refractivity contribution in [2.45, 2.75) is 101 Å². The Morgan fingerprint density at radius 2 is 1.92 bits per heavy atom. The van der Waals surface area contributed by atoms with Crippen LogP contribution in [0.15, 0.2) is 24.4 Å². The van der Waals surface area contributed by atoms with Crippen LogP contribution in [0.3, 0.4) is 0 Å². The predicted molar refractivity (Wildman–Crippen MR) is 183 cm³/mol. The minimum Gasteiger partial charge on any atom is -0.479 e. The van der Waals surface area contributed by atoms with E-state index < -0.39 is 84.0 Å². The third kappa shape index (κ3) is 8.47. The molecule has 3 aliphatic rings. The van der Waals surface area contributed by atoms with Crippen molar-refractivity contribution in [3.63, 3.8) is 0 Å². The van der Waals surface area contributed by atoms with Crippen LogP contribution >= 0.6 is 0 Å². The number of aromatic nitrogens is 1. The number of amides is 3. The van der Waals surface area contributed by atoms with Gasteiger partial charge in [-0.3, -0.25) is 14.5 Å². The second-order valence-corrected chi connectivity index (χ2v) is 15.0. The van der Waals surface area contributed by atoms with E-state index in [2.05, 4.69) is 20.5 Å². The number of aliphatic carboxylic acids is 1. The van der Waals surface area contributed by atoms with Crippen LogP contribution in [0.4, 0.5) is 4.79 Å². The highest BCUT2D eigenvalue weighted by atomic mass is 16.6. The number of benzene rings is 1. The molecule has 0 radical (unpaired) electrons. The highest BCUT2D eigenvalue weighted by molar-refractivity contribution is 5.98. The number of morpholine rings is 1. The molecule has 3 fully saturated rings. The van der Waals surface area contributed by atoms with Gasteiger partial charge in [0.2, 0.25) is 5.91 Å². The van der Waals surface area contributed by atoms with Gasteiger partial charge in [0, 0.05) is 75.2 Å². The van der Waals surface area contributed by atoms with E-state index in [-0.39, 0.29) is 13.0 Å². The maximum Gasteiger partial charge on any atom is 0.410 e. The van der Waals surface area contributed by atoms with Crippen LogP contribution in [-0.2, 0) is 23.8 Å². The van der Waals surface area contributed by atoms with Crippen molar-refractivity contribution >= 4 is 34.8 Å². The van der Waals surface area contributed by atoms with Gasteiger partial charge in [0.05, 0.1) is 37.0 Å². The number of carboxylic acid groups (broad SMARTS) is 1. The second-order valence-electron chi connectivity index (χ2n) is 15.0. The zero-order valence-corrected chi connectivity index (χ0v) is 29.8. The first-order chi connectivity index (χ1) is 23.9. The molecule has 3 aliphatic heterocycles. The molecule has 0 unspecified atom stereocenters. The fraction of sp³-hybridized carbons (Fsp3) is 0.657. The van der Waals surface area contributed by atoms with E-state index in [1.54, 1.807) is 43.9 Å². The molecule has 16 nitrogen and oxygen atoms in total. The quantitative estimate of drug-likeness (QED) is 0.179. The number of aliphatic hydroxyl groups is 3. The Kier molecular flexibility index (Phi) is 11.3. The van der Waals surface area contributed by atoms with Crippen LogP contribution < -0.4 is 10.6 Å². The molecule has 16 heteroatoms. The molecule has 0 saturated carbocycles. The topological polar surface area (TPSA) is 223 Å². The zero-order valence-electron chi connectivity index (χ0n) is 29.8. The number of carbonyl (C=O) groups excluding carboxylic acids is 3. The summed E-state index contributed by atoms with van der Waals surface area (Å²) in [6, 6.07) is 3.81. The summed E-state index contributed by atoms with van der Waals surface area (Å²) >= 11 is 0. The molecule has 1 aromatic heterocycles. The summed E-state index contributed by atoms with van der Waals surface area (Å²) in [5.41, 5.74) is -1.16. The summed E-state index contributed by atoms with van der Waals surface area (Å²) in [5.74, 6) is -2.46. The number of fused-ring (bicyclic) bond motifs is 1. The van der Waals surface area contributed by atoms with Crippen molar-refractivity contribution in [1.29, 1.82) is 0 Å². The third-order valence-electron chi connectivity index (χ3n) is 10.1. The molecule has 7 atom stereocenters. The molecule has 7 N–H and O–H groups in total. The first-order valence-corrected chi connectivity index (χ1v) is 17.3. The van der Waals surface area contributed by atoms with Crippen molar-refractivity contribution < 1.29 is 53.8 Å². The zero-order chi connectivity index (χ0) is 37.3. The monoisotopic (exact) mass is 717 g/mol. The molecule has 1 spiro atoms.